The first-order valence-electron chi connectivity index (χ1n) is 5.69. The molecule has 0 aromatic heterocycles. The minimum Gasteiger partial charge on any atom is -0.464 e. The number of nitrogens with one attached hydrogen (secondary N) is 1. The maximum absolute atomic E-state index is 11.9. The van der Waals surface area contributed by atoms with E-state index in [1.54, 1.807) is 37.3 Å². The summed E-state index contributed by atoms with van der Waals surface area (Å²) in [5.74, 6) is -1.09. The van der Waals surface area contributed by atoms with Crippen LogP contribution in [0, 0.1) is 0 Å². The highest BCUT2D eigenvalue weighted by atomic mass is 16.5. The van der Waals surface area contributed by atoms with Crippen LogP contribution >= 0.6 is 0 Å². The van der Waals surface area contributed by atoms with Crippen LogP contribution in [-0.2, 0) is 9.53 Å². The lowest BCUT2D eigenvalue weighted by molar-refractivity contribution is -0.151. The van der Waals surface area contributed by atoms with E-state index < -0.39 is 24.0 Å². The minimum atomic E-state index is -1.43. The Morgan fingerprint density at radius 3 is 2.44 bits per heavy atom. The van der Waals surface area contributed by atoms with Gasteiger partial charge in [0.15, 0.2) is 5.54 Å². The normalized spacial score (nSPS) is 13.5. The second-order valence-electron chi connectivity index (χ2n) is 4.03. The van der Waals surface area contributed by atoms with Crippen molar-refractivity contribution in [3.8, 4) is 0 Å². The number of amides is 1. The van der Waals surface area contributed by atoms with E-state index in [0.717, 1.165) is 0 Å². The van der Waals surface area contributed by atoms with Crippen molar-refractivity contribution in [3.63, 3.8) is 0 Å². The zero-order valence-corrected chi connectivity index (χ0v) is 10.5. The Hall–Kier alpha value is -1.88. The summed E-state index contributed by atoms with van der Waals surface area (Å²) in [6.45, 7) is 2.75. The van der Waals surface area contributed by atoms with Gasteiger partial charge in [-0.05, 0) is 26.0 Å². The molecule has 5 nitrogen and oxygen atoms in total. The monoisotopic (exact) mass is 251 g/mol. The molecule has 0 spiro atoms. The van der Waals surface area contributed by atoms with Gasteiger partial charge in [0.05, 0.1) is 13.2 Å². The molecule has 0 saturated carbocycles. The van der Waals surface area contributed by atoms with Gasteiger partial charge in [-0.1, -0.05) is 18.2 Å². The Morgan fingerprint density at radius 1 is 1.33 bits per heavy atom. The van der Waals surface area contributed by atoms with Crippen LogP contribution in [0.25, 0.3) is 0 Å². The summed E-state index contributed by atoms with van der Waals surface area (Å²) in [7, 11) is 0. The molecule has 0 fully saturated rings. The first kappa shape index (κ1) is 14.2. The van der Waals surface area contributed by atoms with Crippen LogP contribution in [0.2, 0.25) is 0 Å². The summed E-state index contributed by atoms with van der Waals surface area (Å²) in [5, 5.41) is 11.7. The average Bonchev–Trinajstić information content (AvgIpc) is 2.39. The molecule has 0 unspecified atom stereocenters. The topological polar surface area (TPSA) is 75.6 Å². The van der Waals surface area contributed by atoms with Crippen molar-refractivity contribution in [2.45, 2.75) is 19.4 Å². The van der Waals surface area contributed by atoms with Crippen molar-refractivity contribution in [2.75, 3.05) is 13.2 Å². The molecule has 0 heterocycles. The number of hydrogen-bond donors (Lipinski definition) is 2. The lowest BCUT2D eigenvalue weighted by Gasteiger charge is -2.26. The highest BCUT2D eigenvalue weighted by Crippen LogP contribution is 2.08. The largest absolute Gasteiger partial charge is 0.464 e. The van der Waals surface area contributed by atoms with Gasteiger partial charge in [0.25, 0.3) is 5.91 Å². The number of carbonyl (C=O) groups is 2. The summed E-state index contributed by atoms with van der Waals surface area (Å²) in [6.07, 6.45) is 0. The second kappa shape index (κ2) is 6.16. The third kappa shape index (κ3) is 3.30. The van der Waals surface area contributed by atoms with Gasteiger partial charge in [0, 0.05) is 5.56 Å². The number of aliphatic hydroxyl groups is 1. The van der Waals surface area contributed by atoms with Crippen molar-refractivity contribution in [3.05, 3.63) is 35.9 Å². The molecule has 0 saturated heterocycles. The molecule has 1 aromatic carbocycles. The molecule has 1 rings (SSSR count). The first-order valence-corrected chi connectivity index (χ1v) is 5.69. The molecular formula is C13H17NO4. The van der Waals surface area contributed by atoms with E-state index in [1.807, 2.05) is 0 Å². The third-order valence-corrected chi connectivity index (χ3v) is 2.47. The maximum Gasteiger partial charge on any atom is 0.333 e. The van der Waals surface area contributed by atoms with Gasteiger partial charge in [-0.15, -0.1) is 0 Å². The quantitative estimate of drug-likeness (QED) is 0.756. The number of carbonyl (C=O) groups excluding carboxylic acids is 2. The first-order chi connectivity index (χ1) is 8.53. The van der Waals surface area contributed by atoms with Crippen LogP contribution in [0.3, 0.4) is 0 Å². The molecule has 1 amide bonds. The van der Waals surface area contributed by atoms with Crippen molar-refractivity contribution < 1.29 is 19.4 Å². The van der Waals surface area contributed by atoms with Gasteiger partial charge in [-0.25, -0.2) is 4.79 Å². The molecule has 0 aliphatic carbocycles. The molecule has 18 heavy (non-hydrogen) atoms. The minimum absolute atomic E-state index is 0.190. The van der Waals surface area contributed by atoms with Crippen LogP contribution in [0.15, 0.2) is 30.3 Å². The molecule has 0 aliphatic heterocycles. The van der Waals surface area contributed by atoms with E-state index in [-0.39, 0.29) is 6.61 Å². The smallest absolute Gasteiger partial charge is 0.333 e. The predicted molar refractivity (Wildman–Crippen MR) is 66.0 cm³/mol. The zero-order valence-electron chi connectivity index (χ0n) is 10.5. The molecule has 5 heteroatoms. The summed E-state index contributed by atoms with van der Waals surface area (Å²) in [4.78, 5) is 23.6. The molecule has 1 atom stereocenters. The molecule has 0 radical (unpaired) electrons. The third-order valence-electron chi connectivity index (χ3n) is 2.47. The number of rotatable bonds is 5. The van der Waals surface area contributed by atoms with Gasteiger partial charge < -0.3 is 15.2 Å². The number of benzene rings is 1. The standard InChI is InChI=1S/C13H17NO4/c1-3-18-12(17)13(2,9-15)14-11(16)10-7-5-4-6-8-10/h4-8,15H,3,9H2,1-2H3,(H,14,16)/t13-/m0/s1. The zero-order chi connectivity index (χ0) is 13.6. The van der Waals surface area contributed by atoms with Crippen LogP contribution in [0.4, 0.5) is 0 Å². The number of hydrogen-bond acceptors (Lipinski definition) is 4. The Labute approximate surface area is 106 Å². The molecule has 1 aromatic rings. The van der Waals surface area contributed by atoms with Gasteiger partial charge in [0.1, 0.15) is 0 Å². The van der Waals surface area contributed by atoms with Crippen molar-refractivity contribution in [1.82, 2.24) is 5.32 Å². The lowest BCUT2D eigenvalue weighted by Crippen LogP contribution is -2.55. The Balaban J connectivity index is 2.80. The van der Waals surface area contributed by atoms with Crippen molar-refractivity contribution in [2.24, 2.45) is 0 Å². The van der Waals surface area contributed by atoms with Gasteiger partial charge >= 0.3 is 5.97 Å². The fourth-order valence-electron chi connectivity index (χ4n) is 1.36. The summed E-state index contributed by atoms with van der Waals surface area (Å²) in [5.41, 5.74) is -1.01. The summed E-state index contributed by atoms with van der Waals surface area (Å²) in [6, 6.07) is 8.47. The van der Waals surface area contributed by atoms with Crippen LogP contribution in [-0.4, -0.2) is 35.7 Å². The Kier molecular flexibility index (Phi) is 4.85. The van der Waals surface area contributed by atoms with Gasteiger partial charge in [0.2, 0.25) is 0 Å². The van der Waals surface area contributed by atoms with E-state index in [0.29, 0.717) is 5.56 Å². The number of esters is 1. The van der Waals surface area contributed by atoms with Crippen LogP contribution in [0.1, 0.15) is 24.2 Å². The molecule has 0 bridgehead atoms. The van der Waals surface area contributed by atoms with E-state index in [4.69, 9.17) is 4.74 Å². The SMILES string of the molecule is CCOC(=O)[C@](C)(CO)NC(=O)c1ccccc1. The second-order valence-corrected chi connectivity index (χ2v) is 4.03. The molecule has 2 N–H and O–H groups in total. The van der Waals surface area contributed by atoms with Crippen LogP contribution in [0.5, 0.6) is 0 Å². The van der Waals surface area contributed by atoms with Gasteiger partial charge in [-0.2, -0.15) is 0 Å². The van der Waals surface area contributed by atoms with E-state index in [2.05, 4.69) is 5.32 Å². The average molecular weight is 251 g/mol. The number of ether oxygens (including phenoxy) is 1. The molecule has 0 aliphatic rings. The fraction of sp³-hybridized carbons (Fsp3) is 0.385. The summed E-state index contributed by atoms with van der Waals surface area (Å²) >= 11 is 0. The highest BCUT2D eigenvalue weighted by molar-refractivity contribution is 5.98. The van der Waals surface area contributed by atoms with Gasteiger partial charge in [-0.3, -0.25) is 4.79 Å². The van der Waals surface area contributed by atoms with E-state index in [9.17, 15) is 14.7 Å². The predicted octanol–water partition coefficient (Wildman–Crippen LogP) is 0.730. The Bertz CT molecular complexity index is 418. The summed E-state index contributed by atoms with van der Waals surface area (Å²) < 4.78 is 4.82. The molecule has 98 valence electrons. The lowest BCUT2D eigenvalue weighted by atomic mass is 10.0. The van der Waals surface area contributed by atoms with Crippen molar-refractivity contribution in [1.29, 1.82) is 0 Å². The number of aliphatic hydroxyl groups excluding tert-OH is 1. The Morgan fingerprint density at radius 2 is 1.94 bits per heavy atom. The highest BCUT2D eigenvalue weighted by Gasteiger charge is 2.36. The fourth-order valence-corrected chi connectivity index (χ4v) is 1.36. The maximum atomic E-state index is 11.9. The molecular weight excluding hydrogens is 234 g/mol. The van der Waals surface area contributed by atoms with E-state index in [1.165, 1.54) is 6.92 Å². The van der Waals surface area contributed by atoms with Crippen molar-refractivity contribution >= 4 is 11.9 Å². The van der Waals surface area contributed by atoms with E-state index >= 15 is 0 Å². The van der Waals surface area contributed by atoms with Crippen LogP contribution < -0.4 is 5.32 Å².